The molecule has 4 heteroatoms. The summed E-state index contributed by atoms with van der Waals surface area (Å²) in [6, 6.07) is 5.58. The number of aliphatic hydroxyl groups excluding tert-OH is 1. The summed E-state index contributed by atoms with van der Waals surface area (Å²) in [4.78, 5) is 2.26. The van der Waals surface area contributed by atoms with E-state index in [4.69, 9.17) is 4.74 Å². The fourth-order valence-corrected chi connectivity index (χ4v) is 4.09. The van der Waals surface area contributed by atoms with Crippen molar-refractivity contribution in [2.75, 3.05) is 14.2 Å². The Bertz CT molecular complexity index is 494. The molecule has 4 atom stereocenters. The molecule has 21 heavy (non-hydrogen) atoms. The standard InChI is InChI=1S/C17H24FNO2/c1-19(10-11-3-4-16(21-2)9-17(11)18)14-5-12-7-15(20)8-13(12)6-14/h3-4,9,12-15,20H,5-8,10H2,1-2H3/t12-,13+,14?,15?. The van der Waals surface area contributed by atoms with E-state index in [1.807, 2.05) is 12.1 Å². The Morgan fingerprint density at radius 1 is 1.24 bits per heavy atom. The Morgan fingerprint density at radius 3 is 2.48 bits per heavy atom. The van der Waals surface area contributed by atoms with Gasteiger partial charge in [-0.15, -0.1) is 0 Å². The van der Waals surface area contributed by atoms with E-state index < -0.39 is 0 Å². The number of hydrogen-bond donors (Lipinski definition) is 1. The Hall–Kier alpha value is -1.13. The van der Waals surface area contributed by atoms with Gasteiger partial charge in [0.1, 0.15) is 11.6 Å². The number of ether oxygens (including phenoxy) is 1. The molecule has 2 fully saturated rings. The fourth-order valence-electron chi connectivity index (χ4n) is 4.09. The van der Waals surface area contributed by atoms with Crippen LogP contribution in [0.5, 0.6) is 5.75 Å². The van der Waals surface area contributed by atoms with Gasteiger partial charge in [0.05, 0.1) is 13.2 Å². The van der Waals surface area contributed by atoms with Gasteiger partial charge in [-0.2, -0.15) is 0 Å². The van der Waals surface area contributed by atoms with Gasteiger partial charge < -0.3 is 9.84 Å². The van der Waals surface area contributed by atoms with Crippen LogP contribution in [0.2, 0.25) is 0 Å². The Morgan fingerprint density at radius 2 is 1.90 bits per heavy atom. The number of fused-ring (bicyclic) bond motifs is 1. The smallest absolute Gasteiger partial charge is 0.131 e. The number of nitrogens with zero attached hydrogens (tertiary/aromatic N) is 1. The summed E-state index contributed by atoms with van der Waals surface area (Å²) in [5.41, 5.74) is 0.718. The van der Waals surface area contributed by atoms with Crippen molar-refractivity contribution in [2.24, 2.45) is 11.8 Å². The van der Waals surface area contributed by atoms with E-state index in [2.05, 4.69) is 11.9 Å². The van der Waals surface area contributed by atoms with Crippen molar-refractivity contribution in [3.05, 3.63) is 29.6 Å². The van der Waals surface area contributed by atoms with Crippen LogP contribution in [0.25, 0.3) is 0 Å². The fraction of sp³-hybridized carbons (Fsp3) is 0.647. The molecular formula is C17H24FNO2. The van der Waals surface area contributed by atoms with Crippen molar-refractivity contribution in [1.29, 1.82) is 0 Å². The third kappa shape index (κ3) is 3.06. The summed E-state index contributed by atoms with van der Waals surface area (Å²) >= 11 is 0. The molecule has 1 N–H and O–H groups in total. The third-order valence-electron chi connectivity index (χ3n) is 5.27. The zero-order valence-corrected chi connectivity index (χ0v) is 12.8. The lowest BCUT2D eigenvalue weighted by Gasteiger charge is -2.25. The molecule has 0 amide bonds. The molecule has 1 aromatic rings. The minimum atomic E-state index is -0.199. The number of methoxy groups -OCH3 is 1. The summed E-state index contributed by atoms with van der Waals surface area (Å²) in [6.45, 7) is 0.627. The molecule has 1 aromatic carbocycles. The van der Waals surface area contributed by atoms with Crippen LogP contribution in [0.3, 0.4) is 0 Å². The molecule has 2 saturated carbocycles. The maximum atomic E-state index is 14.0. The summed E-state index contributed by atoms with van der Waals surface area (Å²) < 4.78 is 19.1. The average Bonchev–Trinajstić information content (AvgIpc) is 2.98. The van der Waals surface area contributed by atoms with E-state index in [-0.39, 0.29) is 11.9 Å². The van der Waals surface area contributed by atoms with Crippen LogP contribution in [0.15, 0.2) is 18.2 Å². The third-order valence-corrected chi connectivity index (χ3v) is 5.27. The van der Waals surface area contributed by atoms with E-state index in [9.17, 15) is 9.50 Å². The number of aliphatic hydroxyl groups is 1. The second-order valence-corrected chi connectivity index (χ2v) is 6.64. The number of halogens is 1. The zero-order chi connectivity index (χ0) is 15.0. The molecule has 3 rings (SSSR count). The quantitative estimate of drug-likeness (QED) is 0.926. The second-order valence-electron chi connectivity index (χ2n) is 6.64. The highest BCUT2D eigenvalue weighted by atomic mass is 19.1. The van der Waals surface area contributed by atoms with Crippen molar-refractivity contribution >= 4 is 0 Å². The highest BCUT2D eigenvalue weighted by Gasteiger charge is 2.42. The predicted octanol–water partition coefficient (Wildman–Crippen LogP) is 2.82. The SMILES string of the molecule is COc1ccc(CN(C)C2C[C@H]3CC(O)C[C@H]3C2)c(F)c1. The van der Waals surface area contributed by atoms with E-state index in [1.165, 1.54) is 6.07 Å². The first-order valence-electron chi connectivity index (χ1n) is 7.77. The topological polar surface area (TPSA) is 32.7 Å². The van der Waals surface area contributed by atoms with E-state index >= 15 is 0 Å². The Balaban J connectivity index is 1.61. The number of rotatable bonds is 4. The molecule has 0 aromatic heterocycles. The average molecular weight is 293 g/mol. The summed E-state index contributed by atoms with van der Waals surface area (Å²) in [7, 11) is 3.62. The van der Waals surface area contributed by atoms with Gasteiger partial charge in [0.2, 0.25) is 0 Å². The van der Waals surface area contributed by atoms with Crippen LogP contribution < -0.4 is 4.74 Å². The van der Waals surface area contributed by atoms with Gasteiger partial charge in [-0.1, -0.05) is 6.07 Å². The molecule has 0 heterocycles. The Kier molecular flexibility index (Phi) is 4.18. The van der Waals surface area contributed by atoms with Crippen LogP contribution in [0.4, 0.5) is 4.39 Å². The predicted molar refractivity (Wildman–Crippen MR) is 79.7 cm³/mol. The molecule has 0 spiro atoms. The van der Waals surface area contributed by atoms with E-state index in [0.29, 0.717) is 30.2 Å². The van der Waals surface area contributed by atoms with Crippen LogP contribution in [0, 0.1) is 17.7 Å². The lowest BCUT2D eigenvalue weighted by molar-refractivity contribution is 0.158. The first kappa shape index (κ1) is 14.8. The van der Waals surface area contributed by atoms with Gasteiger partial charge in [0.15, 0.2) is 0 Å². The Labute approximate surface area is 125 Å². The van der Waals surface area contributed by atoms with Crippen LogP contribution >= 0.6 is 0 Å². The molecule has 0 bridgehead atoms. The maximum absolute atomic E-state index is 14.0. The van der Waals surface area contributed by atoms with E-state index in [0.717, 1.165) is 31.2 Å². The first-order valence-corrected chi connectivity index (χ1v) is 7.77. The molecule has 2 unspecified atom stereocenters. The van der Waals surface area contributed by atoms with Crippen molar-refractivity contribution in [1.82, 2.24) is 4.90 Å². The maximum Gasteiger partial charge on any atom is 0.131 e. The minimum Gasteiger partial charge on any atom is -0.497 e. The van der Waals surface area contributed by atoms with Gasteiger partial charge in [-0.25, -0.2) is 4.39 Å². The molecule has 116 valence electrons. The first-order chi connectivity index (χ1) is 10.1. The number of benzene rings is 1. The minimum absolute atomic E-state index is 0.0923. The van der Waals surface area contributed by atoms with Crippen molar-refractivity contribution in [2.45, 2.75) is 44.4 Å². The van der Waals surface area contributed by atoms with Gasteiger partial charge in [0, 0.05) is 24.2 Å². The monoisotopic (exact) mass is 293 g/mol. The molecule has 3 nitrogen and oxygen atoms in total. The summed E-state index contributed by atoms with van der Waals surface area (Å²) in [6.07, 6.45) is 4.08. The highest BCUT2D eigenvalue weighted by Crippen LogP contribution is 2.45. The van der Waals surface area contributed by atoms with Crippen molar-refractivity contribution < 1.29 is 14.2 Å². The summed E-state index contributed by atoms with van der Waals surface area (Å²) in [5.74, 6) is 1.68. The van der Waals surface area contributed by atoms with Crippen LogP contribution in [0.1, 0.15) is 31.2 Å². The van der Waals surface area contributed by atoms with Crippen molar-refractivity contribution in [3.8, 4) is 5.75 Å². The lowest BCUT2D eigenvalue weighted by Crippen LogP contribution is -2.30. The number of hydrogen-bond acceptors (Lipinski definition) is 3. The summed E-state index contributed by atoms with van der Waals surface area (Å²) in [5, 5.41) is 9.71. The van der Waals surface area contributed by atoms with Gasteiger partial charge in [-0.3, -0.25) is 4.90 Å². The van der Waals surface area contributed by atoms with Gasteiger partial charge in [-0.05, 0) is 50.6 Å². The molecule has 0 saturated heterocycles. The second kappa shape index (κ2) is 5.93. The van der Waals surface area contributed by atoms with Crippen LogP contribution in [-0.2, 0) is 6.54 Å². The largest absolute Gasteiger partial charge is 0.497 e. The highest BCUT2D eigenvalue weighted by molar-refractivity contribution is 5.28. The van der Waals surface area contributed by atoms with Crippen LogP contribution in [-0.4, -0.2) is 36.3 Å². The molecule has 0 aliphatic heterocycles. The lowest BCUT2D eigenvalue weighted by atomic mass is 10.0. The normalized spacial score (nSPS) is 31.7. The van der Waals surface area contributed by atoms with Crippen molar-refractivity contribution in [3.63, 3.8) is 0 Å². The molecule has 2 aliphatic carbocycles. The molecular weight excluding hydrogens is 269 g/mol. The van der Waals surface area contributed by atoms with Gasteiger partial charge in [0.25, 0.3) is 0 Å². The molecule has 0 radical (unpaired) electrons. The van der Waals surface area contributed by atoms with Gasteiger partial charge >= 0.3 is 0 Å². The van der Waals surface area contributed by atoms with E-state index in [1.54, 1.807) is 7.11 Å². The molecule has 2 aliphatic rings. The zero-order valence-electron chi connectivity index (χ0n) is 12.8.